The number of fused-ring (bicyclic) bond motifs is 5. The molecule has 0 amide bonds. The molecule has 0 unspecified atom stereocenters. The summed E-state index contributed by atoms with van der Waals surface area (Å²) in [6.45, 7) is 4.02. The Morgan fingerprint density at radius 2 is 1.92 bits per heavy atom. The normalized spacial score (nSPS) is 37.2. The smallest absolute Gasteiger partial charge is 0.322 e. The maximum Gasteiger partial charge on any atom is 0.322 e. The topological polar surface area (TPSA) is 92.9 Å². The Kier molecular flexibility index (Phi) is 7.34. The van der Waals surface area contributed by atoms with Gasteiger partial charge in [-0.25, -0.2) is 0 Å². The SMILES string of the molecule is C[C@H](N)C(=O)OC/C=C\[C@]1(O)CC[C@H]2[C@@H]3CCC4=CC(=O)CC[C@@H]4[C@H]3[C@@H](c3ccc(N(C)C)cc3)C[C@@]21C. The molecule has 0 aromatic heterocycles. The second-order valence-electron chi connectivity index (χ2n) is 12.7. The number of hydrogen-bond donors (Lipinski definition) is 2. The first kappa shape index (κ1) is 27.1. The molecule has 3 saturated carbocycles. The van der Waals surface area contributed by atoms with Crippen molar-refractivity contribution in [1.29, 1.82) is 0 Å². The predicted molar refractivity (Wildman–Crippen MR) is 150 cm³/mol. The van der Waals surface area contributed by atoms with Gasteiger partial charge in [0, 0.05) is 31.6 Å². The minimum atomic E-state index is -0.955. The number of carbonyl (C=O) groups is 2. The van der Waals surface area contributed by atoms with E-state index in [1.165, 1.54) is 16.8 Å². The van der Waals surface area contributed by atoms with Gasteiger partial charge in [0.25, 0.3) is 0 Å². The van der Waals surface area contributed by atoms with Gasteiger partial charge in [0.1, 0.15) is 12.6 Å². The molecule has 6 nitrogen and oxygen atoms in total. The van der Waals surface area contributed by atoms with Crippen molar-refractivity contribution in [1.82, 2.24) is 0 Å². The molecule has 206 valence electrons. The molecular formula is C32H44N2O4. The maximum absolute atomic E-state index is 12.3. The molecule has 0 radical (unpaired) electrons. The molecule has 0 aliphatic heterocycles. The summed E-state index contributed by atoms with van der Waals surface area (Å²) in [5.41, 5.74) is 8.26. The number of nitrogens with zero attached hydrogens (tertiary/aromatic N) is 1. The Labute approximate surface area is 227 Å². The fourth-order valence-electron chi connectivity index (χ4n) is 8.49. The van der Waals surface area contributed by atoms with Crippen LogP contribution in [0.3, 0.4) is 0 Å². The number of nitrogens with two attached hydrogens (primary N) is 1. The third-order valence-corrected chi connectivity index (χ3v) is 10.4. The van der Waals surface area contributed by atoms with E-state index in [-0.39, 0.29) is 17.8 Å². The van der Waals surface area contributed by atoms with Gasteiger partial charge < -0.3 is 20.5 Å². The van der Waals surface area contributed by atoms with Crippen LogP contribution in [0.25, 0.3) is 0 Å². The molecule has 3 N–H and O–H groups in total. The first-order chi connectivity index (χ1) is 18.0. The first-order valence-electron chi connectivity index (χ1n) is 14.4. The number of benzene rings is 1. The number of aliphatic hydroxyl groups is 1. The maximum atomic E-state index is 12.3. The van der Waals surface area contributed by atoms with Crippen LogP contribution in [-0.2, 0) is 14.3 Å². The second kappa shape index (κ2) is 10.3. The van der Waals surface area contributed by atoms with E-state index in [0.29, 0.717) is 42.4 Å². The Morgan fingerprint density at radius 3 is 2.61 bits per heavy atom. The third kappa shape index (κ3) is 4.64. The third-order valence-electron chi connectivity index (χ3n) is 10.4. The lowest BCUT2D eigenvalue weighted by Crippen LogP contribution is -2.54. The van der Waals surface area contributed by atoms with Crippen molar-refractivity contribution in [2.75, 3.05) is 25.6 Å². The number of allylic oxidation sites excluding steroid dienone is 1. The molecule has 4 aliphatic carbocycles. The second-order valence-corrected chi connectivity index (χ2v) is 12.7. The molecular weight excluding hydrogens is 476 g/mol. The molecule has 0 bridgehead atoms. The zero-order valence-electron chi connectivity index (χ0n) is 23.4. The van der Waals surface area contributed by atoms with Crippen molar-refractivity contribution in [2.45, 2.75) is 76.4 Å². The summed E-state index contributed by atoms with van der Waals surface area (Å²) in [5.74, 6) is 2.05. The summed E-state index contributed by atoms with van der Waals surface area (Å²) >= 11 is 0. The van der Waals surface area contributed by atoms with Gasteiger partial charge in [0.15, 0.2) is 5.78 Å². The lowest BCUT2D eigenvalue weighted by Gasteiger charge is -2.58. The van der Waals surface area contributed by atoms with Crippen molar-refractivity contribution >= 4 is 17.4 Å². The van der Waals surface area contributed by atoms with Crippen LogP contribution in [0, 0.1) is 29.1 Å². The van der Waals surface area contributed by atoms with Crippen LogP contribution in [0.2, 0.25) is 0 Å². The Balaban J connectivity index is 1.48. The van der Waals surface area contributed by atoms with Gasteiger partial charge in [-0.15, -0.1) is 0 Å². The molecule has 3 fully saturated rings. The summed E-state index contributed by atoms with van der Waals surface area (Å²) in [5, 5.41) is 12.1. The molecule has 6 heteroatoms. The lowest BCUT2D eigenvalue weighted by atomic mass is 9.46. The van der Waals surface area contributed by atoms with Crippen LogP contribution >= 0.6 is 0 Å². The monoisotopic (exact) mass is 520 g/mol. The average Bonchev–Trinajstić information content (AvgIpc) is 3.15. The average molecular weight is 521 g/mol. The fraction of sp³-hybridized carbons (Fsp3) is 0.625. The lowest BCUT2D eigenvalue weighted by molar-refractivity contribution is -0.143. The molecule has 1 aromatic carbocycles. The fourth-order valence-corrected chi connectivity index (χ4v) is 8.49. The van der Waals surface area contributed by atoms with E-state index in [1.54, 1.807) is 13.0 Å². The number of ketones is 1. The van der Waals surface area contributed by atoms with Crippen molar-refractivity contribution in [3.8, 4) is 0 Å². The van der Waals surface area contributed by atoms with Gasteiger partial charge in [-0.05, 0) is 105 Å². The van der Waals surface area contributed by atoms with Gasteiger partial charge >= 0.3 is 5.97 Å². The van der Waals surface area contributed by atoms with Gasteiger partial charge in [-0.2, -0.15) is 0 Å². The summed E-state index contributed by atoms with van der Waals surface area (Å²) in [6, 6.07) is 8.32. The molecule has 0 spiro atoms. The van der Waals surface area contributed by atoms with E-state index in [2.05, 4.69) is 50.2 Å². The van der Waals surface area contributed by atoms with E-state index in [0.717, 1.165) is 32.1 Å². The minimum absolute atomic E-state index is 0.120. The van der Waals surface area contributed by atoms with Crippen LogP contribution in [0.5, 0.6) is 0 Å². The van der Waals surface area contributed by atoms with Crippen LogP contribution in [0.15, 0.2) is 48.1 Å². The zero-order chi connectivity index (χ0) is 27.2. The van der Waals surface area contributed by atoms with E-state index in [1.807, 2.05) is 12.2 Å². The highest BCUT2D eigenvalue weighted by Crippen LogP contribution is 2.68. The van der Waals surface area contributed by atoms with E-state index >= 15 is 0 Å². The summed E-state index contributed by atoms with van der Waals surface area (Å²) < 4.78 is 5.25. The highest BCUT2D eigenvalue weighted by Gasteiger charge is 2.64. The molecule has 8 atom stereocenters. The Morgan fingerprint density at radius 1 is 1.18 bits per heavy atom. The minimum Gasteiger partial charge on any atom is -0.460 e. The van der Waals surface area contributed by atoms with E-state index in [9.17, 15) is 14.7 Å². The molecule has 5 rings (SSSR count). The van der Waals surface area contributed by atoms with Crippen molar-refractivity contribution in [3.05, 3.63) is 53.6 Å². The first-order valence-corrected chi connectivity index (χ1v) is 14.4. The van der Waals surface area contributed by atoms with Gasteiger partial charge in [0.05, 0.1) is 5.60 Å². The van der Waals surface area contributed by atoms with Crippen molar-refractivity contribution in [3.63, 3.8) is 0 Å². The van der Waals surface area contributed by atoms with Gasteiger partial charge in [0.2, 0.25) is 0 Å². The van der Waals surface area contributed by atoms with Gasteiger partial charge in [-0.1, -0.05) is 30.7 Å². The molecule has 38 heavy (non-hydrogen) atoms. The number of rotatable bonds is 6. The summed E-state index contributed by atoms with van der Waals surface area (Å²) in [6.07, 6.45) is 12.0. The highest BCUT2D eigenvalue weighted by molar-refractivity contribution is 5.91. The Bertz CT molecular complexity index is 1120. The quantitative estimate of drug-likeness (QED) is 0.415. The molecule has 4 aliphatic rings. The van der Waals surface area contributed by atoms with E-state index < -0.39 is 17.6 Å². The summed E-state index contributed by atoms with van der Waals surface area (Å²) in [7, 11) is 4.12. The van der Waals surface area contributed by atoms with Crippen molar-refractivity contribution < 1.29 is 19.4 Å². The largest absolute Gasteiger partial charge is 0.460 e. The zero-order valence-corrected chi connectivity index (χ0v) is 23.4. The Hall–Kier alpha value is -2.44. The standard InChI is InChI=1S/C32H44N2O4/c1-20(33)30(36)38-17-5-15-32(37)16-14-28-26-12-8-22-18-24(35)11-13-25(22)29(26)27(19-31(28,32)2)21-6-9-23(10-7-21)34(3)4/h5-7,9-10,15,18,20,25-29,37H,8,11-14,16-17,19,33H2,1-4H3/b15-5-/t20-,25-,26-,27+,28-,29+,31-,32-/m0/s1. The number of hydrogen-bond acceptors (Lipinski definition) is 6. The number of carbonyl (C=O) groups excluding carboxylic acids is 2. The predicted octanol–water partition coefficient (Wildman–Crippen LogP) is 4.77. The van der Waals surface area contributed by atoms with Crippen LogP contribution in [0.1, 0.15) is 70.3 Å². The van der Waals surface area contributed by atoms with Crippen molar-refractivity contribution in [2.24, 2.45) is 34.8 Å². The van der Waals surface area contributed by atoms with Crippen LogP contribution in [-0.4, -0.2) is 49.2 Å². The summed E-state index contributed by atoms with van der Waals surface area (Å²) in [4.78, 5) is 26.2. The number of anilines is 1. The number of ether oxygens (including phenoxy) is 1. The van der Waals surface area contributed by atoms with E-state index in [4.69, 9.17) is 10.5 Å². The highest BCUT2D eigenvalue weighted by atomic mass is 16.5. The number of esters is 1. The molecule has 1 aromatic rings. The molecule has 0 heterocycles. The van der Waals surface area contributed by atoms with Crippen LogP contribution in [0.4, 0.5) is 5.69 Å². The molecule has 0 saturated heterocycles. The van der Waals surface area contributed by atoms with Crippen LogP contribution < -0.4 is 10.6 Å². The van der Waals surface area contributed by atoms with Gasteiger partial charge in [-0.3, -0.25) is 9.59 Å².